The Kier molecular flexibility index (Phi) is 4.35. The lowest BCUT2D eigenvalue weighted by Crippen LogP contribution is -2.50. The number of ether oxygens (including phenoxy) is 2. The average molecular weight is 354 g/mol. The van der Waals surface area contributed by atoms with Crippen molar-refractivity contribution in [3.63, 3.8) is 0 Å². The lowest BCUT2D eigenvalue weighted by molar-refractivity contribution is -0.127. The first-order valence-electron chi connectivity index (χ1n) is 8.39. The van der Waals surface area contributed by atoms with Crippen molar-refractivity contribution in [2.45, 2.75) is 0 Å². The van der Waals surface area contributed by atoms with Crippen LogP contribution in [0.15, 0.2) is 47.3 Å². The number of hydrogen-bond acceptors (Lipinski definition) is 5. The van der Waals surface area contributed by atoms with Gasteiger partial charge in [0, 0.05) is 32.3 Å². The lowest BCUT2D eigenvalue weighted by Gasteiger charge is -2.34. The molecule has 1 saturated heterocycles. The first-order valence-corrected chi connectivity index (χ1v) is 8.39. The normalized spacial score (nSPS) is 16.3. The fourth-order valence-electron chi connectivity index (χ4n) is 2.99. The smallest absolute Gasteiger partial charge is 0.257 e. The van der Waals surface area contributed by atoms with Gasteiger partial charge in [-0.1, -0.05) is 6.07 Å². The molecule has 2 aliphatic heterocycles. The van der Waals surface area contributed by atoms with E-state index in [0.29, 0.717) is 43.2 Å². The molecule has 0 saturated carbocycles. The van der Waals surface area contributed by atoms with Crippen LogP contribution in [0.4, 0.5) is 0 Å². The summed E-state index contributed by atoms with van der Waals surface area (Å²) < 4.78 is 15.6. The van der Waals surface area contributed by atoms with E-state index in [-0.39, 0.29) is 18.6 Å². The molecule has 3 heterocycles. The van der Waals surface area contributed by atoms with Crippen LogP contribution in [0, 0.1) is 0 Å². The zero-order chi connectivity index (χ0) is 17.9. The number of carbonyl (C=O) groups excluding carboxylic acids is 2. The summed E-state index contributed by atoms with van der Waals surface area (Å²) in [6.45, 7) is 2.26. The van der Waals surface area contributed by atoms with Crippen LogP contribution in [0.3, 0.4) is 0 Å². The number of nitrogens with zero attached hydrogens (tertiary/aromatic N) is 2. The van der Waals surface area contributed by atoms with Crippen molar-refractivity contribution < 1.29 is 23.5 Å². The topological polar surface area (TPSA) is 72.2 Å². The predicted octanol–water partition coefficient (Wildman–Crippen LogP) is 2.01. The van der Waals surface area contributed by atoms with Crippen molar-refractivity contribution in [2.24, 2.45) is 0 Å². The van der Waals surface area contributed by atoms with Crippen LogP contribution in [-0.4, -0.2) is 54.6 Å². The minimum atomic E-state index is -0.0712. The average Bonchev–Trinajstić information content (AvgIpc) is 3.37. The maximum absolute atomic E-state index is 12.4. The number of amides is 2. The molecule has 1 aromatic heterocycles. The summed E-state index contributed by atoms with van der Waals surface area (Å²) in [4.78, 5) is 28.1. The Morgan fingerprint density at radius 2 is 1.73 bits per heavy atom. The van der Waals surface area contributed by atoms with Crippen molar-refractivity contribution in [2.75, 3.05) is 33.0 Å². The summed E-state index contributed by atoms with van der Waals surface area (Å²) in [5.41, 5.74) is 1.41. The molecule has 0 spiro atoms. The second kappa shape index (κ2) is 6.95. The van der Waals surface area contributed by atoms with Gasteiger partial charge in [0.25, 0.3) is 5.91 Å². The summed E-state index contributed by atoms with van der Waals surface area (Å²) in [5.74, 6) is 1.26. The quantitative estimate of drug-likeness (QED) is 0.789. The van der Waals surface area contributed by atoms with E-state index in [1.165, 1.54) is 12.5 Å². The molecule has 134 valence electrons. The number of benzene rings is 1. The van der Waals surface area contributed by atoms with Crippen LogP contribution in [0.2, 0.25) is 0 Å². The SMILES string of the molecule is O=C(/C=C/c1ccc2c(c1)OCO2)N1CCN(C(=O)c2ccoc2)CC1. The highest BCUT2D eigenvalue weighted by Crippen LogP contribution is 2.32. The molecule has 0 atom stereocenters. The van der Waals surface area contributed by atoms with E-state index < -0.39 is 0 Å². The van der Waals surface area contributed by atoms with E-state index in [1.807, 2.05) is 18.2 Å². The van der Waals surface area contributed by atoms with E-state index in [1.54, 1.807) is 28.0 Å². The fraction of sp³-hybridized carbons (Fsp3) is 0.263. The maximum atomic E-state index is 12.4. The van der Waals surface area contributed by atoms with Gasteiger partial charge < -0.3 is 23.7 Å². The highest BCUT2D eigenvalue weighted by atomic mass is 16.7. The molecule has 4 rings (SSSR count). The molecule has 0 N–H and O–H groups in total. The largest absolute Gasteiger partial charge is 0.472 e. The minimum Gasteiger partial charge on any atom is -0.472 e. The first-order chi connectivity index (χ1) is 12.7. The van der Waals surface area contributed by atoms with Gasteiger partial charge >= 0.3 is 0 Å². The number of carbonyl (C=O) groups is 2. The van der Waals surface area contributed by atoms with E-state index in [0.717, 1.165) is 5.56 Å². The Morgan fingerprint density at radius 3 is 2.50 bits per heavy atom. The van der Waals surface area contributed by atoms with Gasteiger partial charge in [-0.2, -0.15) is 0 Å². The summed E-state index contributed by atoms with van der Waals surface area (Å²) in [5, 5.41) is 0. The molecule has 1 fully saturated rings. The van der Waals surface area contributed by atoms with Crippen molar-refractivity contribution in [1.82, 2.24) is 9.80 Å². The third-order valence-corrected chi connectivity index (χ3v) is 4.46. The Morgan fingerprint density at radius 1 is 0.962 bits per heavy atom. The van der Waals surface area contributed by atoms with Gasteiger partial charge in [0.05, 0.1) is 11.8 Å². The standard InChI is InChI=1S/C19H18N2O5/c22-18(4-2-14-1-3-16-17(11-14)26-13-25-16)20-6-8-21(9-7-20)19(23)15-5-10-24-12-15/h1-5,10-12H,6-9,13H2/b4-2+. The molecule has 2 aromatic rings. The van der Waals surface area contributed by atoms with Crippen LogP contribution in [0.25, 0.3) is 6.08 Å². The second-order valence-electron chi connectivity index (χ2n) is 6.08. The third kappa shape index (κ3) is 3.28. The number of rotatable bonds is 3. The molecular formula is C19H18N2O5. The summed E-state index contributed by atoms with van der Waals surface area (Å²) in [6.07, 6.45) is 6.22. The van der Waals surface area contributed by atoms with Gasteiger partial charge in [0.2, 0.25) is 12.7 Å². The highest BCUT2D eigenvalue weighted by molar-refractivity contribution is 5.94. The Bertz CT molecular complexity index is 836. The van der Waals surface area contributed by atoms with Crippen molar-refractivity contribution >= 4 is 17.9 Å². The fourth-order valence-corrected chi connectivity index (χ4v) is 2.99. The maximum Gasteiger partial charge on any atom is 0.257 e. The van der Waals surface area contributed by atoms with E-state index in [2.05, 4.69) is 0 Å². The van der Waals surface area contributed by atoms with Gasteiger partial charge in [0.15, 0.2) is 11.5 Å². The Hall–Kier alpha value is -3.22. The molecule has 7 nitrogen and oxygen atoms in total. The summed E-state index contributed by atoms with van der Waals surface area (Å²) in [6, 6.07) is 7.19. The first kappa shape index (κ1) is 16.3. The molecule has 2 aliphatic rings. The molecule has 0 radical (unpaired) electrons. The van der Waals surface area contributed by atoms with E-state index in [4.69, 9.17) is 13.9 Å². The zero-order valence-electron chi connectivity index (χ0n) is 14.1. The van der Waals surface area contributed by atoms with Gasteiger partial charge in [-0.15, -0.1) is 0 Å². The third-order valence-electron chi connectivity index (χ3n) is 4.46. The van der Waals surface area contributed by atoms with Crippen molar-refractivity contribution in [3.05, 3.63) is 54.0 Å². The molecule has 0 unspecified atom stereocenters. The van der Waals surface area contributed by atoms with Crippen LogP contribution in [-0.2, 0) is 4.79 Å². The van der Waals surface area contributed by atoms with Crippen molar-refractivity contribution in [3.8, 4) is 11.5 Å². The number of piperazine rings is 1. The van der Waals surface area contributed by atoms with Crippen LogP contribution < -0.4 is 9.47 Å². The number of furan rings is 1. The Balaban J connectivity index is 1.33. The molecular weight excluding hydrogens is 336 g/mol. The van der Waals surface area contributed by atoms with Crippen LogP contribution in [0.1, 0.15) is 15.9 Å². The van der Waals surface area contributed by atoms with E-state index >= 15 is 0 Å². The minimum absolute atomic E-state index is 0.0678. The Labute approximate surface area is 150 Å². The van der Waals surface area contributed by atoms with Crippen LogP contribution >= 0.6 is 0 Å². The summed E-state index contributed by atoms with van der Waals surface area (Å²) in [7, 11) is 0. The zero-order valence-corrected chi connectivity index (χ0v) is 14.1. The monoisotopic (exact) mass is 354 g/mol. The molecule has 0 bridgehead atoms. The molecule has 0 aliphatic carbocycles. The molecule has 7 heteroatoms. The van der Waals surface area contributed by atoms with Crippen molar-refractivity contribution in [1.29, 1.82) is 0 Å². The second-order valence-corrected chi connectivity index (χ2v) is 6.08. The summed E-state index contributed by atoms with van der Waals surface area (Å²) >= 11 is 0. The number of fused-ring (bicyclic) bond motifs is 1. The lowest BCUT2D eigenvalue weighted by atomic mass is 10.2. The van der Waals surface area contributed by atoms with Gasteiger partial charge in [-0.05, 0) is 29.8 Å². The van der Waals surface area contributed by atoms with Crippen LogP contribution in [0.5, 0.6) is 11.5 Å². The molecule has 26 heavy (non-hydrogen) atoms. The highest BCUT2D eigenvalue weighted by Gasteiger charge is 2.24. The van der Waals surface area contributed by atoms with Gasteiger partial charge in [0.1, 0.15) is 6.26 Å². The van der Waals surface area contributed by atoms with Gasteiger partial charge in [-0.3, -0.25) is 9.59 Å². The molecule has 2 amide bonds. The van der Waals surface area contributed by atoms with Gasteiger partial charge in [-0.25, -0.2) is 0 Å². The predicted molar refractivity (Wildman–Crippen MR) is 92.8 cm³/mol. The van der Waals surface area contributed by atoms with E-state index in [9.17, 15) is 9.59 Å². The molecule has 1 aromatic carbocycles. The number of hydrogen-bond donors (Lipinski definition) is 0.